The molecule has 0 aromatic rings. The number of carbonyl (C=O) groups excluding carboxylic acids is 3. The summed E-state index contributed by atoms with van der Waals surface area (Å²) in [6.07, 6.45) is 75.7. The first-order valence-corrected chi connectivity index (χ1v) is 26.7. The molecule has 0 N–H and O–H groups in total. The molecule has 0 fully saturated rings. The third kappa shape index (κ3) is 52.4. The summed E-state index contributed by atoms with van der Waals surface area (Å²) in [6.45, 7) is 6.22. The summed E-state index contributed by atoms with van der Waals surface area (Å²) in [5.41, 5.74) is 0. The van der Waals surface area contributed by atoms with Crippen LogP contribution in [0, 0.1) is 0 Å². The van der Waals surface area contributed by atoms with Crippen molar-refractivity contribution in [3.05, 3.63) is 134 Å². The molecule has 0 radical (unpaired) electrons. The van der Waals surface area contributed by atoms with E-state index in [0.29, 0.717) is 19.3 Å². The third-order valence-electron chi connectivity index (χ3n) is 10.6. The molecule has 0 aliphatic carbocycles. The van der Waals surface area contributed by atoms with E-state index in [4.69, 9.17) is 14.2 Å². The minimum absolute atomic E-state index is 0.110. The van der Waals surface area contributed by atoms with E-state index >= 15 is 0 Å². The van der Waals surface area contributed by atoms with E-state index in [0.717, 1.165) is 173 Å². The monoisotopic (exact) mass is 925 g/mol. The van der Waals surface area contributed by atoms with Crippen LogP contribution in [-0.4, -0.2) is 37.2 Å². The van der Waals surface area contributed by atoms with Gasteiger partial charge in [-0.3, -0.25) is 14.4 Å². The van der Waals surface area contributed by atoms with E-state index in [9.17, 15) is 14.4 Å². The fourth-order valence-corrected chi connectivity index (χ4v) is 6.73. The van der Waals surface area contributed by atoms with Gasteiger partial charge in [0.15, 0.2) is 6.10 Å². The topological polar surface area (TPSA) is 78.9 Å². The fourth-order valence-electron chi connectivity index (χ4n) is 6.73. The lowest BCUT2D eigenvalue weighted by Gasteiger charge is -2.18. The molecule has 0 aliphatic rings. The molecule has 6 heteroatoms. The Morgan fingerprint density at radius 2 is 0.537 bits per heavy atom. The molecule has 0 amide bonds. The van der Waals surface area contributed by atoms with Crippen LogP contribution in [0.4, 0.5) is 0 Å². The number of hydrogen-bond donors (Lipinski definition) is 0. The summed E-state index contributed by atoms with van der Waals surface area (Å²) in [7, 11) is 0. The van der Waals surface area contributed by atoms with Crippen LogP contribution in [0.3, 0.4) is 0 Å². The molecule has 6 nitrogen and oxygen atoms in total. The van der Waals surface area contributed by atoms with E-state index in [1.807, 2.05) is 0 Å². The zero-order chi connectivity index (χ0) is 48.6. The lowest BCUT2D eigenvalue weighted by molar-refractivity contribution is -0.167. The molecule has 0 saturated heterocycles. The zero-order valence-electron chi connectivity index (χ0n) is 42.9. The SMILES string of the molecule is CC/C=C/C/C=C/C/C=C/C/C=C/C/C=C/CCCCCC(=O)OC[C@@H](COC(=O)CCCCCCC/C=C/C/C=C/C/C=C/CC)OC(=O)CCCCCCC/C=C/C/C=C/C/C=C/CC. The number of esters is 3. The normalized spacial score (nSPS) is 13.2. The lowest BCUT2D eigenvalue weighted by atomic mass is 10.1. The number of allylic oxidation sites excluding steroid dienone is 22. The smallest absolute Gasteiger partial charge is 0.306 e. The predicted octanol–water partition coefficient (Wildman–Crippen LogP) is 17.9. The van der Waals surface area contributed by atoms with Crippen molar-refractivity contribution < 1.29 is 28.6 Å². The van der Waals surface area contributed by atoms with Crippen molar-refractivity contribution in [1.82, 2.24) is 0 Å². The highest BCUT2D eigenvalue weighted by Gasteiger charge is 2.19. The van der Waals surface area contributed by atoms with Crippen LogP contribution in [0.2, 0.25) is 0 Å². The largest absolute Gasteiger partial charge is 0.462 e. The maximum Gasteiger partial charge on any atom is 0.306 e. The van der Waals surface area contributed by atoms with Gasteiger partial charge in [0.25, 0.3) is 0 Å². The summed E-state index contributed by atoms with van der Waals surface area (Å²) < 4.78 is 16.8. The second-order valence-electron chi connectivity index (χ2n) is 17.0. The maximum absolute atomic E-state index is 12.8. The molecule has 0 aromatic heterocycles. The number of carbonyl (C=O) groups is 3. The molecular weight excluding hydrogens is 829 g/mol. The molecule has 1 atom stereocenters. The van der Waals surface area contributed by atoms with Gasteiger partial charge < -0.3 is 14.2 Å². The van der Waals surface area contributed by atoms with Crippen LogP contribution in [0.15, 0.2) is 134 Å². The van der Waals surface area contributed by atoms with E-state index in [1.165, 1.54) is 0 Å². The van der Waals surface area contributed by atoms with Crippen LogP contribution < -0.4 is 0 Å². The number of rotatable bonds is 46. The van der Waals surface area contributed by atoms with Crippen LogP contribution in [0.25, 0.3) is 0 Å². The van der Waals surface area contributed by atoms with Crippen molar-refractivity contribution in [3.8, 4) is 0 Å². The molecular formula is C61H96O6. The molecule has 376 valence electrons. The third-order valence-corrected chi connectivity index (χ3v) is 10.6. The minimum Gasteiger partial charge on any atom is -0.462 e. The Balaban J connectivity index is 4.53. The minimum atomic E-state index is -0.813. The highest BCUT2D eigenvalue weighted by atomic mass is 16.6. The molecule has 0 saturated carbocycles. The Hall–Kier alpha value is -4.45. The Labute approximate surface area is 411 Å². The first kappa shape index (κ1) is 62.5. The standard InChI is InChI=1S/C61H96O6/c1-4-7-10-13-16-19-22-25-28-29-30-31-34-36-39-42-45-48-51-54-60(63)66-57-58(67-61(64)55-52-49-46-43-40-37-33-27-24-21-18-15-12-9-6-3)56-65-59(62)53-50-47-44-41-38-35-32-26-23-20-17-14-11-8-5-2/h7-12,16-21,25-28,30-33,36,39,58H,4-6,13-15,22-24,29,34-35,37-38,40-57H2,1-3H3/b10-7+,11-8+,12-9+,19-16+,20-17+,21-18+,28-25+,31-30+,32-26+,33-27+,39-36+/t58-/m1/s1. The van der Waals surface area contributed by atoms with Crippen molar-refractivity contribution in [2.45, 2.75) is 219 Å². The van der Waals surface area contributed by atoms with Gasteiger partial charge in [-0.1, -0.05) is 199 Å². The Bertz CT molecular complexity index is 1480. The summed E-state index contributed by atoms with van der Waals surface area (Å²) >= 11 is 0. The van der Waals surface area contributed by atoms with Crippen LogP contribution in [0.5, 0.6) is 0 Å². The predicted molar refractivity (Wildman–Crippen MR) is 288 cm³/mol. The second kappa shape index (κ2) is 54.2. The van der Waals surface area contributed by atoms with Crippen molar-refractivity contribution in [3.63, 3.8) is 0 Å². The van der Waals surface area contributed by atoms with E-state index in [2.05, 4.69) is 154 Å². The molecule has 0 rings (SSSR count). The molecule has 0 unspecified atom stereocenters. The summed E-state index contributed by atoms with van der Waals surface area (Å²) in [5.74, 6) is -0.983. The van der Waals surface area contributed by atoms with Crippen LogP contribution in [-0.2, 0) is 28.6 Å². The van der Waals surface area contributed by atoms with Crippen LogP contribution >= 0.6 is 0 Å². The quantitative estimate of drug-likeness (QED) is 0.0262. The van der Waals surface area contributed by atoms with Crippen LogP contribution in [0.1, 0.15) is 213 Å². The molecule has 0 aliphatic heterocycles. The van der Waals surface area contributed by atoms with Crippen molar-refractivity contribution in [2.24, 2.45) is 0 Å². The van der Waals surface area contributed by atoms with E-state index < -0.39 is 6.10 Å². The average Bonchev–Trinajstić information content (AvgIpc) is 3.33. The first-order chi connectivity index (χ1) is 33.0. The van der Waals surface area contributed by atoms with Gasteiger partial charge >= 0.3 is 17.9 Å². The van der Waals surface area contributed by atoms with Crippen molar-refractivity contribution in [2.75, 3.05) is 13.2 Å². The molecule has 0 aromatic carbocycles. The molecule has 0 spiro atoms. The van der Waals surface area contributed by atoms with Gasteiger partial charge in [-0.2, -0.15) is 0 Å². The summed E-state index contributed by atoms with van der Waals surface area (Å²) in [6, 6.07) is 0. The number of ether oxygens (including phenoxy) is 3. The van der Waals surface area contributed by atoms with Gasteiger partial charge in [0.05, 0.1) is 0 Å². The lowest BCUT2D eigenvalue weighted by Crippen LogP contribution is -2.30. The summed E-state index contributed by atoms with van der Waals surface area (Å²) in [5, 5.41) is 0. The van der Waals surface area contributed by atoms with Crippen molar-refractivity contribution in [1.29, 1.82) is 0 Å². The molecule has 67 heavy (non-hydrogen) atoms. The van der Waals surface area contributed by atoms with Gasteiger partial charge in [0.1, 0.15) is 13.2 Å². The highest BCUT2D eigenvalue weighted by Crippen LogP contribution is 2.13. The molecule has 0 bridgehead atoms. The van der Waals surface area contributed by atoms with E-state index in [1.54, 1.807) is 0 Å². The van der Waals surface area contributed by atoms with Gasteiger partial charge in [0, 0.05) is 19.3 Å². The van der Waals surface area contributed by atoms with E-state index in [-0.39, 0.29) is 31.1 Å². The average molecular weight is 925 g/mol. The Morgan fingerprint density at radius 1 is 0.299 bits per heavy atom. The first-order valence-electron chi connectivity index (χ1n) is 26.7. The fraction of sp³-hybridized carbons (Fsp3) is 0.590. The zero-order valence-corrected chi connectivity index (χ0v) is 42.9. The van der Waals surface area contributed by atoms with Gasteiger partial charge in [-0.25, -0.2) is 0 Å². The maximum atomic E-state index is 12.8. The van der Waals surface area contributed by atoms with Gasteiger partial charge in [-0.15, -0.1) is 0 Å². The van der Waals surface area contributed by atoms with Gasteiger partial charge in [-0.05, 0) is 128 Å². The van der Waals surface area contributed by atoms with Crippen molar-refractivity contribution >= 4 is 17.9 Å². The van der Waals surface area contributed by atoms with Gasteiger partial charge in [0.2, 0.25) is 0 Å². The second-order valence-corrected chi connectivity index (χ2v) is 17.0. The number of hydrogen-bond acceptors (Lipinski definition) is 6. The number of unbranched alkanes of at least 4 members (excludes halogenated alkanes) is 13. The summed E-state index contributed by atoms with van der Waals surface area (Å²) in [4.78, 5) is 38.1. The molecule has 0 heterocycles. The Morgan fingerprint density at radius 3 is 0.851 bits per heavy atom. The highest BCUT2D eigenvalue weighted by molar-refractivity contribution is 5.71. The Kier molecular flexibility index (Phi) is 50.6.